The number of benzene rings is 1. The van der Waals surface area contributed by atoms with Crippen molar-refractivity contribution in [1.29, 1.82) is 0 Å². The fourth-order valence-electron chi connectivity index (χ4n) is 4.87. The van der Waals surface area contributed by atoms with Gasteiger partial charge in [-0.2, -0.15) is 4.68 Å². The van der Waals surface area contributed by atoms with Crippen molar-refractivity contribution in [3.05, 3.63) is 52.3 Å². The van der Waals surface area contributed by atoms with Crippen LogP contribution < -0.4 is 16.4 Å². The summed E-state index contributed by atoms with van der Waals surface area (Å²) < 4.78 is 11.8. The number of rotatable bonds is 13. The lowest BCUT2D eigenvalue weighted by Gasteiger charge is -2.24. The maximum atomic E-state index is 13.4. The third kappa shape index (κ3) is 9.67. The number of nitrogens with one attached hydrogen (secondary N) is 2. The standard InChI is InChI=1S/C29H42N4O6/c1-19(2)15-23(25(34)27-32-33(29(37)39-27)17-21-11-7-5-8-12-21)30-26(35)24(16-20(3)4)31-28(36)38-18-22-13-9-6-10-14-22/h6,9-10,13-14,19-21,23-24H,5,7-8,11-12,15-18H2,1-4H3,(H,30,35)(H,31,36). The molecule has 2 N–H and O–H groups in total. The van der Waals surface area contributed by atoms with E-state index in [0.29, 0.717) is 25.3 Å². The molecule has 10 nitrogen and oxygen atoms in total. The van der Waals surface area contributed by atoms with Crippen LogP contribution in [0.3, 0.4) is 0 Å². The summed E-state index contributed by atoms with van der Waals surface area (Å²) >= 11 is 0. The van der Waals surface area contributed by atoms with Gasteiger partial charge in [0.15, 0.2) is 0 Å². The minimum atomic E-state index is -0.963. The van der Waals surface area contributed by atoms with Crippen LogP contribution in [0.5, 0.6) is 0 Å². The van der Waals surface area contributed by atoms with Gasteiger partial charge in [-0.05, 0) is 49.0 Å². The minimum Gasteiger partial charge on any atom is -0.445 e. The molecular formula is C29H42N4O6. The zero-order valence-corrected chi connectivity index (χ0v) is 23.5. The smallest absolute Gasteiger partial charge is 0.437 e. The molecule has 0 spiro atoms. The minimum absolute atomic E-state index is 0.0580. The van der Waals surface area contributed by atoms with E-state index in [0.717, 1.165) is 31.2 Å². The quantitative estimate of drug-likeness (QED) is 0.357. The molecule has 0 radical (unpaired) electrons. The number of amides is 2. The van der Waals surface area contributed by atoms with Crippen LogP contribution in [-0.2, 0) is 22.7 Å². The van der Waals surface area contributed by atoms with E-state index in [4.69, 9.17) is 9.15 Å². The maximum absolute atomic E-state index is 13.4. The summed E-state index contributed by atoms with van der Waals surface area (Å²) in [5, 5.41) is 9.59. The van der Waals surface area contributed by atoms with Crippen molar-refractivity contribution in [3.8, 4) is 0 Å². The molecule has 1 saturated carbocycles. The normalized spacial score (nSPS) is 15.6. The fraction of sp³-hybridized carbons (Fsp3) is 0.621. The molecule has 0 aliphatic heterocycles. The molecule has 1 heterocycles. The van der Waals surface area contributed by atoms with Gasteiger partial charge in [-0.3, -0.25) is 9.59 Å². The van der Waals surface area contributed by atoms with Gasteiger partial charge in [-0.25, -0.2) is 9.59 Å². The SMILES string of the molecule is CC(C)CC(NC(=O)OCc1ccccc1)C(=O)NC(CC(C)C)C(=O)c1nn(CC2CCCCC2)c(=O)o1. The predicted molar refractivity (Wildman–Crippen MR) is 146 cm³/mol. The molecule has 10 heteroatoms. The first-order chi connectivity index (χ1) is 18.6. The lowest BCUT2D eigenvalue weighted by molar-refractivity contribution is -0.124. The van der Waals surface area contributed by atoms with Gasteiger partial charge in [0.25, 0.3) is 5.89 Å². The Balaban J connectivity index is 1.68. The van der Waals surface area contributed by atoms with E-state index < -0.39 is 35.6 Å². The Hall–Kier alpha value is -3.43. The molecular weight excluding hydrogens is 500 g/mol. The number of ketones is 1. The fourth-order valence-corrected chi connectivity index (χ4v) is 4.87. The first-order valence-corrected chi connectivity index (χ1v) is 14.0. The molecule has 39 heavy (non-hydrogen) atoms. The van der Waals surface area contributed by atoms with E-state index in [2.05, 4.69) is 15.7 Å². The number of Topliss-reactive ketones (excluding diaryl/α,β-unsaturated/α-hetero) is 1. The monoisotopic (exact) mass is 542 g/mol. The molecule has 0 saturated heterocycles. The molecule has 214 valence electrons. The van der Waals surface area contributed by atoms with Gasteiger partial charge >= 0.3 is 11.8 Å². The number of carbonyl (C=O) groups is 3. The van der Waals surface area contributed by atoms with Gasteiger partial charge in [0.2, 0.25) is 11.7 Å². The summed E-state index contributed by atoms with van der Waals surface area (Å²) in [4.78, 5) is 51.6. The largest absolute Gasteiger partial charge is 0.445 e. The number of hydrogen-bond acceptors (Lipinski definition) is 7. The molecule has 1 aromatic heterocycles. The summed E-state index contributed by atoms with van der Waals surface area (Å²) in [5.74, 6) is -1.57. The molecule has 2 aromatic rings. The maximum Gasteiger partial charge on any atom is 0.437 e. The number of aromatic nitrogens is 2. The highest BCUT2D eigenvalue weighted by molar-refractivity contribution is 5.99. The van der Waals surface area contributed by atoms with Crippen LogP contribution in [-0.4, -0.2) is 39.6 Å². The topological polar surface area (TPSA) is 133 Å². The Morgan fingerprint density at radius 1 is 0.974 bits per heavy atom. The van der Waals surface area contributed by atoms with Gasteiger partial charge in [-0.1, -0.05) is 77.3 Å². The second-order valence-corrected chi connectivity index (χ2v) is 11.3. The first kappa shape index (κ1) is 30.1. The van der Waals surface area contributed by atoms with E-state index in [9.17, 15) is 19.2 Å². The number of nitrogens with zero attached hydrogens (tertiary/aromatic N) is 2. The Morgan fingerprint density at radius 3 is 2.26 bits per heavy atom. The van der Waals surface area contributed by atoms with Crippen LogP contribution in [0.1, 0.15) is 88.9 Å². The van der Waals surface area contributed by atoms with Gasteiger partial charge in [0.1, 0.15) is 12.6 Å². The first-order valence-electron chi connectivity index (χ1n) is 14.0. The third-order valence-electron chi connectivity index (χ3n) is 6.84. The Bertz CT molecular complexity index is 1130. The number of hydrogen-bond donors (Lipinski definition) is 2. The zero-order chi connectivity index (χ0) is 28.4. The summed E-state index contributed by atoms with van der Waals surface area (Å²) in [5.41, 5.74) is 0.824. The van der Waals surface area contributed by atoms with Gasteiger partial charge in [-0.15, -0.1) is 5.10 Å². The highest BCUT2D eigenvalue weighted by Gasteiger charge is 2.32. The summed E-state index contributed by atoms with van der Waals surface area (Å²) in [6.07, 6.45) is 5.42. The molecule has 1 aliphatic rings. The molecule has 0 bridgehead atoms. The van der Waals surface area contributed by atoms with Crippen molar-refractivity contribution in [3.63, 3.8) is 0 Å². The predicted octanol–water partition coefficient (Wildman–Crippen LogP) is 4.47. The second kappa shape index (κ2) is 14.6. The van der Waals surface area contributed by atoms with E-state index in [-0.39, 0.29) is 24.3 Å². The van der Waals surface area contributed by atoms with Crippen molar-refractivity contribution < 1.29 is 23.5 Å². The van der Waals surface area contributed by atoms with Gasteiger partial charge in [0, 0.05) is 0 Å². The zero-order valence-electron chi connectivity index (χ0n) is 23.5. The Labute approximate surface area is 229 Å². The summed E-state index contributed by atoms with van der Waals surface area (Å²) in [6, 6.07) is 7.36. The molecule has 1 fully saturated rings. The van der Waals surface area contributed by atoms with Gasteiger partial charge in [0.05, 0.1) is 12.6 Å². The highest BCUT2D eigenvalue weighted by atomic mass is 16.5. The van der Waals surface area contributed by atoms with Crippen LogP contribution >= 0.6 is 0 Å². The molecule has 2 atom stereocenters. The van der Waals surface area contributed by atoms with Crippen molar-refractivity contribution in [1.82, 2.24) is 20.4 Å². The summed E-state index contributed by atoms with van der Waals surface area (Å²) in [7, 11) is 0. The van der Waals surface area contributed by atoms with E-state index in [1.165, 1.54) is 11.1 Å². The Morgan fingerprint density at radius 2 is 1.62 bits per heavy atom. The van der Waals surface area contributed by atoms with Gasteiger partial charge < -0.3 is 19.8 Å². The molecule has 2 amide bonds. The van der Waals surface area contributed by atoms with Crippen molar-refractivity contribution in [2.24, 2.45) is 17.8 Å². The van der Waals surface area contributed by atoms with E-state index in [1.54, 1.807) is 0 Å². The Kier molecular flexibility index (Phi) is 11.3. The van der Waals surface area contributed by atoms with E-state index in [1.807, 2.05) is 58.0 Å². The van der Waals surface area contributed by atoms with Crippen LogP contribution in [0.15, 0.2) is 39.5 Å². The van der Waals surface area contributed by atoms with E-state index >= 15 is 0 Å². The number of ether oxygens (including phenoxy) is 1. The molecule has 2 unspecified atom stereocenters. The van der Waals surface area contributed by atoms with Crippen molar-refractivity contribution >= 4 is 17.8 Å². The van der Waals surface area contributed by atoms with Crippen LogP contribution in [0.2, 0.25) is 0 Å². The second-order valence-electron chi connectivity index (χ2n) is 11.3. The average molecular weight is 543 g/mol. The third-order valence-corrected chi connectivity index (χ3v) is 6.84. The van der Waals surface area contributed by atoms with Crippen LogP contribution in [0.4, 0.5) is 4.79 Å². The number of alkyl carbamates (subject to hydrolysis) is 1. The van der Waals surface area contributed by atoms with Crippen molar-refractivity contribution in [2.75, 3.05) is 0 Å². The lowest BCUT2D eigenvalue weighted by atomic mass is 9.89. The average Bonchev–Trinajstić information content (AvgIpc) is 3.26. The molecule has 1 aliphatic carbocycles. The summed E-state index contributed by atoms with van der Waals surface area (Å²) in [6.45, 7) is 8.20. The van der Waals surface area contributed by atoms with Crippen molar-refractivity contribution in [2.45, 2.75) is 97.9 Å². The number of carbonyl (C=O) groups excluding carboxylic acids is 3. The lowest BCUT2D eigenvalue weighted by Crippen LogP contribution is -2.52. The molecule has 3 rings (SSSR count). The van der Waals surface area contributed by atoms with Crippen LogP contribution in [0, 0.1) is 17.8 Å². The van der Waals surface area contributed by atoms with Crippen LogP contribution in [0.25, 0.3) is 0 Å². The molecule has 1 aromatic carbocycles. The highest BCUT2D eigenvalue weighted by Crippen LogP contribution is 2.24.